The predicted molar refractivity (Wildman–Crippen MR) is 104 cm³/mol. The summed E-state index contributed by atoms with van der Waals surface area (Å²) >= 11 is 0. The molecule has 1 aromatic rings. The first-order chi connectivity index (χ1) is 13.3. The minimum absolute atomic E-state index is 0.153. The van der Waals surface area contributed by atoms with Gasteiger partial charge in [-0.2, -0.15) is 0 Å². The molecule has 0 aliphatic heterocycles. The zero-order chi connectivity index (χ0) is 21.1. The van der Waals surface area contributed by atoms with Crippen molar-refractivity contribution in [2.24, 2.45) is 11.5 Å². The van der Waals surface area contributed by atoms with Crippen molar-refractivity contribution >= 4 is 17.8 Å². The van der Waals surface area contributed by atoms with Gasteiger partial charge in [-0.25, -0.2) is 4.79 Å². The molecule has 0 saturated heterocycles. The number of carboxylic acid groups (broad SMARTS) is 1. The number of nitrogens with two attached hydrogens (primary N) is 2. The highest BCUT2D eigenvalue weighted by molar-refractivity contribution is 5.92. The number of hydrogen-bond donors (Lipinski definition) is 6. The summed E-state index contributed by atoms with van der Waals surface area (Å²) in [6, 6.07) is 5.66. The van der Waals surface area contributed by atoms with Crippen molar-refractivity contribution in [1.82, 2.24) is 10.6 Å². The zero-order valence-electron chi connectivity index (χ0n) is 16.0. The lowest BCUT2D eigenvalue weighted by molar-refractivity contribution is -0.145. The number of carbonyl (C=O) groups excluding carboxylic acids is 2. The number of aliphatic hydroxyl groups excluding tert-OH is 1. The van der Waals surface area contributed by atoms with E-state index in [1.165, 1.54) is 6.92 Å². The molecule has 0 aromatic heterocycles. The summed E-state index contributed by atoms with van der Waals surface area (Å²) in [6.45, 7) is 1.76. The topological polar surface area (TPSA) is 168 Å². The van der Waals surface area contributed by atoms with Crippen molar-refractivity contribution in [3.8, 4) is 0 Å². The molecule has 0 spiro atoms. The fraction of sp³-hybridized carbons (Fsp3) is 0.526. The van der Waals surface area contributed by atoms with Crippen molar-refractivity contribution < 1.29 is 24.6 Å². The molecule has 0 fully saturated rings. The summed E-state index contributed by atoms with van der Waals surface area (Å²) in [5, 5.41) is 23.6. The van der Waals surface area contributed by atoms with Gasteiger partial charge in [-0.15, -0.1) is 0 Å². The van der Waals surface area contributed by atoms with Crippen LogP contribution in [0.3, 0.4) is 0 Å². The highest BCUT2D eigenvalue weighted by atomic mass is 16.4. The van der Waals surface area contributed by atoms with Crippen molar-refractivity contribution in [2.45, 2.75) is 56.8 Å². The number of amides is 2. The van der Waals surface area contributed by atoms with E-state index in [-0.39, 0.29) is 6.42 Å². The summed E-state index contributed by atoms with van der Waals surface area (Å²) < 4.78 is 0. The minimum atomic E-state index is -1.49. The number of hydrogen-bond acceptors (Lipinski definition) is 6. The molecule has 0 aliphatic rings. The third kappa shape index (κ3) is 8.03. The molecule has 0 bridgehead atoms. The van der Waals surface area contributed by atoms with Crippen LogP contribution in [0.1, 0.15) is 31.7 Å². The van der Waals surface area contributed by atoms with Crippen LogP contribution in [-0.4, -0.2) is 58.8 Å². The Labute approximate surface area is 164 Å². The smallest absolute Gasteiger partial charge is 0.328 e. The van der Waals surface area contributed by atoms with Crippen LogP contribution in [0, 0.1) is 0 Å². The van der Waals surface area contributed by atoms with E-state index in [2.05, 4.69) is 10.6 Å². The van der Waals surface area contributed by atoms with Crippen LogP contribution in [-0.2, 0) is 20.8 Å². The molecule has 9 nitrogen and oxygen atoms in total. The number of nitrogens with one attached hydrogen (secondary N) is 2. The van der Waals surface area contributed by atoms with Crippen LogP contribution in [0.4, 0.5) is 0 Å². The first kappa shape index (κ1) is 23.5. The van der Waals surface area contributed by atoms with E-state index in [1.54, 1.807) is 24.3 Å². The van der Waals surface area contributed by atoms with E-state index in [0.29, 0.717) is 19.4 Å². The molecule has 1 aromatic carbocycles. The third-order valence-electron chi connectivity index (χ3n) is 4.27. The zero-order valence-corrected chi connectivity index (χ0v) is 16.0. The number of carboxylic acids is 1. The molecule has 9 heteroatoms. The molecule has 0 aliphatic carbocycles. The first-order valence-corrected chi connectivity index (χ1v) is 9.27. The van der Waals surface area contributed by atoms with Gasteiger partial charge in [0, 0.05) is 6.42 Å². The van der Waals surface area contributed by atoms with Crippen LogP contribution in [0.25, 0.3) is 0 Å². The monoisotopic (exact) mass is 394 g/mol. The lowest BCUT2D eigenvalue weighted by atomic mass is 10.0. The van der Waals surface area contributed by atoms with Gasteiger partial charge in [0.25, 0.3) is 0 Å². The standard InChI is InChI=1S/C19H30N4O5/c1-12(24)16(19(27)28)23-18(26)15(11-13-7-3-2-4-8-13)22-17(25)14(21)9-5-6-10-20/h2-4,7-8,12,14-16,24H,5-6,9-11,20-21H2,1H3,(H,22,25)(H,23,26)(H,27,28)/t12-,14+,15+,16+/m1/s1. The van der Waals surface area contributed by atoms with Gasteiger partial charge in [-0.05, 0) is 31.9 Å². The molecule has 156 valence electrons. The Kier molecular flexibility index (Phi) is 10.1. The van der Waals surface area contributed by atoms with Crippen molar-refractivity contribution in [1.29, 1.82) is 0 Å². The van der Waals surface area contributed by atoms with Gasteiger partial charge in [0.15, 0.2) is 6.04 Å². The molecule has 0 unspecified atom stereocenters. The van der Waals surface area contributed by atoms with Crippen molar-refractivity contribution in [3.05, 3.63) is 35.9 Å². The lowest BCUT2D eigenvalue weighted by Gasteiger charge is -2.24. The van der Waals surface area contributed by atoms with E-state index >= 15 is 0 Å². The van der Waals surface area contributed by atoms with Crippen molar-refractivity contribution in [3.63, 3.8) is 0 Å². The van der Waals surface area contributed by atoms with Gasteiger partial charge in [0.1, 0.15) is 6.04 Å². The highest BCUT2D eigenvalue weighted by Crippen LogP contribution is 2.06. The number of benzene rings is 1. The molecular weight excluding hydrogens is 364 g/mol. The Morgan fingerprint density at radius 3 is 2.25 bits per heavy atom. The highest BCUT2D eigenvalue weighted by Gasteiger charge is 2.30. The summed E-state index contributed by atoms with van der Waals surface area (Å²) in [5.41, 5.74) is 12.1. The Bertz CT molecular complexity index is 638. The molecule has 4 atom stereocenters. The second-order valence-corrected chi connectivity index (χ2v) is 6.71. The predicted octanol–water partition coefficient (Wildman–Crippen LogP) is -0.880. The quantitative estimate of drug-likeness (QED) is 0.250. The van der Waals surface area contributed by atoms with Gasteiger partial charge in [0.2, 0.25) is 11.8 Å². The average molecular weight is 394 g/mol. The molecule has 0 radical (unpaired) electrons. The Balaban J connectivity index is 2.87. The van der Waals surface area contributed by atoms with Gasteiger partial charge in [-0.1, -0.05) is 36.8 Å². The van der Waals surface area contributed by atoms with E-state index in [1.807, 2.05) is 6.07 Å². The van der Waals surface area contributed by atoms with E-state index < -0.39 is 42.0 Å². The molecule has 28 heavy (non-hydrogen) atoms. The fourth-order valence-corrected chi connectivity index (χ4v) is 2.62. The van der Waals surface area contributed by atoms with E-state index in [4.69, 9.17) is 16.6 Å². The molecule has 2 amide bonds. The number of aliphatic hydroxyl groups is 1. The van der Waals surface area contributed by atoms with Crippen molar-refractivity contribution in [2.75, 3.05) is 6.54 Å². The summed E-state index contributed by atoms with van der Waals surface area (Å²) in [4.78, 5) is 36.3. The Hall–Kier alpha value is -2.49. The van der Waals surface area contributed by atoms with Crippen LogP contribution >= 0.6 is 0 Å². The van der Waals surface area contributed by atoms with E-state index in [0.717, 1.165) is 12.0 Å². The second kappa shape index (κ2) is 12.1. The molecule has 1 rings (SSSR count). The van der Waals surface area contributed by atoms with Crippen LogP contribution in [0.2, 0.25) is 0 Å². The number of rotatable bonds is 12. The SMILES string of the molecule is C[C@@H](O)[C@H](NC(=O)[C@H](Cc1ccccc1)NC(=O)[C@@H](N)CCCCN)C(=O)O. The molecular formula is C19H30N4O5. The van der Waals surface area contributed by atoms with E-state index in [9.17, 15) is 19.5 Å². The second-order valence-electron chi connectivity index (χ2n) is 6.71. The van der Waals surface area contributed by atoms with Gasteiger partial charge in [0.05, 0.1) is 12.1 Å². The summed E-state index contributed by atoms with van der Waals surface area (Å²) in [7, 11) is 0. The number of aliphatic carboxylic acids is 1. The Morgan fingerprint density at radius 2 is 1.71 bits per heavy atom. The maximum atomic E-state index is 12.6. The third-order valence-corrected chi connectivity index (χ3v) is 4.27. The largest absolute Gasteiger partial charge is 0.480 e. The van der Waals surface area contributed by atoms with Gasteiger partial charge in [-0.3, -0.25) is 9.59 Å². The van der Waals surface area contributed by atoms with Crippen LogP contribution < -0.4 is 22.1 Å². The number of carbonyl (C=O) groups is 3. The number of unbranched alkanes of at least 4 members (excludes halogenated alkanes) is 1. The summed E-state index contributed by atoms with van der Waals surface area (Å²) in [5.74, 6) is -2.58. The van der Waals surface area contributed by atoms with Gasteiger partial charge >= 0.3 is 5.97 Å². The first-order valence-electron chi connectivity index (χ1n) is 9.27. The fourth-order valence-electron chi connectivity index (χ4n) is 2.62. The maximum absolute atomic E-state index is 12.6. The molecule has 8 N–H and O–H groups in total. The normalized spacial score (nSPS) is 15.1. The maximum Gasteiger partial charge on any atom is 0.328 e. The minimum Gasteiger partial charge on any atom is -0.480 e. The van der Waals surface area contributed by atoms with Gasteiger partial charge < -0.3 is 32.3 Å². The summed E-state index contributed by atoms with van der Waals surface area (Å²) in [6.07, 6.45) is 0.703. The van der Waals surface area contributed by atoms with Crippen LogP contribution in [0.5, 0.6) is 0 Å². The molecule has 0 heterocycles. The lowest BCUT2D eigenvalue weighted by Crippen LogP contribution is -2.57. The molecule has 0 saturated carbocycles. The van der Waals surface area contributed by atoms with Crippen LogP contribution in [0.15, 0.2) is 30.3 Å². The average Bonchev–Trinajstić information content (AvgIpc) is 2.65. The Morgan fingerprint density at radius 1 is 1.07 bits per heavy atom.